The lowest BCUT2D eigenvalue weighted by Gasteiger charge is -2.33. The van der Waals surface area contributed by atoms with Crippen LogP contribution in [0.3, 0.4) is 0 Å². The highest BCUT2D eigenvalue weighted by Crippen LogP contribution is 2.22. The molecule has 0 bridgehead atoms. The molecule has 2 heterocycles. The number of benzene rings is 1. The molecule has 0 atom stereocenters. The second-order valence-electron chi connectivity index (χ2n) is 8.21. The standard InChI is InChI=1S/C22H35N3O2/c1-24(17-20-7-12-23-13-8-20)14-9-19-10-15-25(16-11-19)22(26)27-18-21-5-3-2-4-6-21/h2-6,19-20,23H,7-18H2,1H3. The number of nitrogens with zero attached hydrogens (tertiary/aromatic N) is 2. The van der Waals surface area contributed by atoms with Gasteiger partial charge in [0.1, 0.15) is 6.61 Å². The Morgan fingerprint density at radius 1 is 1.11 bits per heavy atom. The zero-order valence-corrected chi connectivity index (χ0v) is 16.7. The van der Waals surface area contributed by atoms with Gasteiger partial charge in [-0.3, -0.25) is 0 Å². The number of nitrogens with one attached hydrogen (secondary N) is 1. The molecule has 2 aliphatic heterocycles. The highest BCUT2D eigenvalue weighted by molar-refractivity contribution is 5.67. The Morgan fingerprint density at radius 3 is 2.52 bits per heavy atom. The fourth-order valence-corrected chi connectivity index (χ4v) is 4.21. The summed E-state index contributed by atoms with van der Waals surface area (Å²) in [7, 11) is 2.26. The number of piperidine rings is 2. The highest BCUT2D eigenvalue weighted by Gasteiger charge is 2.24. The summed E-state index contributed by atoms with van der Waals surface area (Å²) >= 11 is 0. The molecule has 150 valence electrons. The maximum Gasteiger partial charge on any atom is 0.410 e. The first kappa shape index (κ1) is 20.2. The second kappa shape index (κ2) is 10.7. The highest BCUT2D eigenvalue weighted by atomic mass is 16.6. The lowest BCUT2D eigenvalue weighted by Crippen LogP contribution is -2.39. The zero-order chi connectivity index (χ0) is 18.9. The van der Waals surface area contributed by atoms with E-state index >= 15 is 0 Å². The largest absolute Gasteiger partial charge is 0.445 e. The topological polar surface area (TPSA) is 44.8 Å². The van der Waals surface area contributed by atoms with Crippen LogP contribution in [-0.2, 0) is 11.3 Å². The Morgan fingerprint density at radius 2 is 1.81 bits per heavy atom. The Labute approximate surface area is 164 Å². The summed E-state index contributed by atoms with van der Waals surface area (Å²) in [5.41, 5.74) is 1.04. The summed E-state index contributed by atoms with van der Waals surface area (Å²) < 4.78 is 5.46. The first-order valence-electron chi connectivity index (χ1n) is 10.6. The van der Waals surface area contributed by atoms with Crippen LogP contribution in [0.25, 0.3) is 0 Å². The van der Waals surface area contributed by atoms with Crippen LogP contribution < -0.4 is 5.32 Å². The van der Waals surface area contributed by atoms with Crippen molar-refractivity contribution in [2.45, 2.75) is 38.7 Å². The van der Waals surface area contributed by atoms with Gasteiger partial charge in [-0.15, -0.1) is 0 Å². The van der Waals surface area contributed by atoms with Crippen molar-refractivity contribution in [3.05, 3.63) is 35.9 Å². The minimum Gasteiger partial charge on any atom is -0.445 e. The monoisotopic (exact) mass is 373 g/mol. The molecule has 2 aliphatic rings. The van der Waals surface area contributed by atoms with E-state index in [1.165, 1.54) is 45.4 Å². The van der Waals surface area contributed by atoms with Crippen LogP contribution >= 0.6 is 0 Å². The van der Waals surface area contributed by atoms with Crippen LogP contribution in [0, 0.1) is 11.8 Å². The van der Waals surface area contributed by atoms with Crippen LogP contribution in [-0.4, -0.2) is 62.2 Å². The van der Waals surface area contributed by atoms with E-state index in [9.17, 15) is 4.79 Å². The molecule has 27 heavy (non-hydrogen) atoms. The van der Waals surface area contributed by atoms with Crippen LogP contribution in [0.15, 0.2) is 30.3 Å². The number of ether oxygens (including phenoxy) is 1. The summed E-state index contributed by atoms with van der Waals surface area (Å²) in [4.78, 5) is 16.6. The molecular formula is C22H35N3O2. The van der Waals surface area contributed by atoms with Gasteiger partial charge in [0, 0.05) is 19.6 Å². The summed E-state index contributed by atoms with van der Waals surface area (Å²) in [6, 6.07) is 9.88. The van der Waals surface area contributed by atoms with Crippen molar-refractivity contribution in [1.29, 1.82) is 0 Å². The van der Waals surface area contributed by atoms with Crippen molar-refractivity contribution in [2.75, 3.05) is 46.3 Å². The zero-order valence-electron chi connectivity index (χ0n) is 16.7. The van der Waals surface area contributed by atoms with Gasteiger partial charge < -0.3 is 19.9 Å². The molecule has 0 unspecified atom stereocenters. The van der Waals surface area contributed by atoms with Crippen molar-refractivity contribution >= 4 is 6.09 Å². The molecule has 1 aromatic carbocycles. The van der Waals surface area contributed by atoms with Crippen molar-refractivity contribution in [2.24, 2.45) is 11.8 Å². The van der Waals surface area contributed by atoms with E-state index in [4.69, 9.17) is 4.74 Å². The average molecular weight is 374 g/mol. The first-order chi connectivity index (χ1) is 13.2. The molecule has 0 aromatic heterocycles. The Hall–Kier alpha value is -1.59. The Balaban J connectivity index is 1.29. The molecule has 1 aromatic rings. The molecule has 1 amide bonds. The molecule has 2 saturated heterocycles. The summed E-state index contributed by atoms with van der Waals surface area (Å²) in [6.07, 6.45) is 5.90. The van der Waals surface area contributed by atoms with Crippen molar-refractivity contribution in [3.63, 3.8) is 0 Å². The van der Waals surface area contributed by atoms with E-state index in [0.717, 1.165) is 43.3 Å². The lowest BCUT2D eigenvalue weighted by atomic mass is 9.93. The number of carbonyl (C=O) groups is 1. The Kier molecular flexibility index (Phi) is 7.96. The quantitative estimate of drug-likeness (QED) is 0.796. The Bertz CT molecular complexity index is 552. The molecule has 5 nitrogen and oxygen atoms in total. The number of carbonyl (C=O) groups excluding carboxylic acids is 1. The maximum atomic E-state index is 12.3. The number of likely N-dealkylation sites (tertiary alicyclic amines) is 1. The molecule has 0 aliphatic carbocycles. The number of amides is 1. The molecule has 3 rings (SSSR count). The third kappa shape index (κ3) is 6.82. The van der Waals surface area contributed by atoms with E-state index in [2.05, 4.69) is 17.3 Å². The van der Waals surface area contributed by atoms with Gasteiger partial charge in [0.05, 0.1) is 0 Å². The molecule has 0 saturated carbocycles. The van der Waals surface area contributed by atoms with Crippen molar-refractivity contribution in [3.8, 4) is 0 Å². The smallest absolute Gasteiger partial charge is 0.410 e. The minimum atomic E-state index is -0.166. The van der Waals surface area contributed by atoms with Gasteiger partial charge in [0.2, 0.25) is 0 Å². The van der Waals surface area contributed by atoms with Gasteiger partial charge in [-0.25, -0.2) is 4.79 Å². The lowest BCUT2D eigenvalue weighted by molar-refractivity contribution is 0.0802. The second-order valence-corrected chi connectivity index (χ2v) is 8.21. The van der Waals surface area contributed by atoms with Crippen LogP contribution in [0.2, 0.25) is 0 Å². The van der Waals surface area contributed by atoms with Gasteiger partial charge in [0.15, 0.2) is 0 Å². The molecule has 2 fully saturated rings. The van der Waals surface area contributed by atoms with Gasteiger partial charge in [-0.1, -0.05) is 30.3 Å². The van der Waals surface area contributed by atoms with Crippen LogP contribution in [0.5, 0.6) is 0 Å². The van der Waals surface area contributed by atoms with Gasteiger partial charge in [-0.05, 0) is 76.2 Å². The normalized spacial score (nSPS) is 19.4. The first-order valence-corrected chi connectivity index (χ1v) is 10.6. The van der Waals surface area contributed by atoms with Gasteiger partial charge >= 0.3 is 6.09 Å². The van der Waals surface area contributed by atoms with E-state index in [1.807, 2.05) is 35.2 Å². The number of rotatable bonds is 7. The molecule has 5 heteroatoms. The predicted octanol–water partition coefficient (Wildman–Crippen LogP) is 3.36. The van der Waals surface area contributed by atoms with Crippen LogP contribution in [0.4, 0.5) is 4.79 Å². The fourth-order valence-electron chi connectivity index (χ4n) is 4.21. The minimum absolute atomic E-state index is 0.166. The van der Waals surface area contributed by atoms with Gasteiger partial charge in [0.25, 0.3) is 0 Å². The van der Waals surface area contributed by atoms with E-state index < -0.39 is 0 Å². The van der Waals surface area contributed by atoms with Crippen molar-refractivity contribution < 1.29 is 9.53 Å². The number of hydrogen-bond donors (Lipinski definition) is 1. The van der Waals surface area contributed by atoms with Gasteiger partial charge in [-0.2, -0.15) is 0 Å². The van der Waals surface area contributed by atoms with Crippen molar-refractivity contribution in [1.82, 2.24) is 15.1 Å². The molecule has 0 spiro atoms. The number of hydrogen-bond acceptors (Lipinski definition) is 4. The third-order valence-corrected chi connectivity index (χ3v) is 6.03. The summed E-state index contributed by atoms with van der Waals surface area (Å²) in [5, 5.41) is 3.44. The maximum absolute atomic E-state index is 12.3. The van der Waals surface area contributed by atoms with E-state index in [-0.39, 0.29) is 6.09 Å². The predicted molar refractivity (Wildman–Crippen MR) is 109 cm³/mol. The molecule has 1 N–H and O–H groups in total. The molecular weight excluding hydrogens is 338 g/mol. The fraction of sp³-hybridized carbons (Fsp3) is 0.682. The van der Waals surface area contributed by atoms with Crippen LogP contribution in [0.1, 0.15) is 37.7 Å². The summed E-state index contributed by atoms with van der Waals surface area (Å²) in [6.45, 7) is 6.78. The van der Waals surface area contributed by atoms with E-state index in [1.54, 1.807) is 0 Å². The average Bonchev–Trinajstić information content (AvgIpc) is 2.72. The van der Waals surface area contributed by atoms with E-state index in [0.29, 0.717) is 6.61 Å². The third-order valence-electron chi connectivity index (χ3n) is 6.03. The SMILES string of the molecule is CN(CCC1CCN(C(=O)OCc2ccccc2)CC1)CC1CCNCC1. The summed E-state index contributed by atoms with van der Waals surface area (Å²) in [5.74, 6) is 1.59. The molecule has 0 radical (unpaired) electrons.